The van der Waals surface area contributed by atoms with E-state index >= 15 is 0 Å². The molecule has 1 aliphatic rings. The zero-order valence-electron chi connectivity index (χ0n) is 16.2. The summed E-state index contributed by atoms with van der Waals surface area (Å²) in [5, 5.41) is 0. The van der Waals surface area contributed by atoms with Crippen LogP contribution in [0.4, 0.5) is 0 Å². The summed E-state index contributed by atoms with van der Waals surface area (Å²) in [6.45, 7) is 4.02. The average Bonchev–Trinajstić information content (AvgIpc) is 3.20. The maximum Gasteiger partial charge on any atom is 0.339 e. The summed E-state index contributed by atoms with van der Waals surface area (Å²) in [7, 11) is 0. The highest BCUT2D eigenvalue weighted by atomic mass is 16.7. The van der Waals surface area contributed by atoms with Crippen LogP contribution in [0.5, 0.6) is 11.5 Å². The molecule has 0 spiro atoms. The van der Waals surface area contributed by atoms with Crippen molar-refractivity contribution in [2.45, 2.75) is 20.0 Å². The summed E-state index contributed by atoms with van der Waals surface area (Å²) in [4.78, 5) is 26.0. The number of hydrogen-bond acceptors (Lipinski definition) is 5. The van der Waals surface area contributed by atoms with Crippen LogP contribution in [0.2, 0.25) is 0 Å². The quantitative estimate of drug-likeness (QED) is 0.463. The van der Waals surface area contributed by atoms with Crippen molar-refractivity contribution >= 4 is 11.8 Å². The molecule has 0 unspecified atom stereocenters. The first kappa shape index (κ1) is 18.7. The lowest BCUT2D eigenvalue weighted by molar-refractivity contribution is 0.0279. The highest BCUT2D eigenvalue weighted by Gasteiger charge is 2.27. The maximum atomic E-state index is 13.2. The van der Waals surface area contributed by atoms with Crippen LogP contribution in [0.3, 0.4) is 0 Å². The number of esters is 1. The van der Waals surface area contributed by atoms with Crippen molar-refractivity contribution < 1.29 is 23.8 Å². The van der Waals surface area contributed by atoms with Gasteiger partial charge in [-0.2, -0.15) is 0 Å². The lowest BCUT2D eigenvalue weighted by Crippen LogP contribution is -2.20. The number of carbonyl (C=O) groups excluding carboxylic acids is 2. The van der Waals surface area contributed by atoms with Gasteiger partial charge in [-0.25, -0.2) is 4.79 Å². The molecule has 0 aromatic heterocycles. The van der Waals surface area contributed by atoms with Gasteiger partial charge in [-0.3, -0.25) is 4.79 Å². The van der Waals surface area contributed by atoms with E-state index in [0.717, 1.165) is 11.1 Å². The minimum atomic E-state index is -1.05. The van der Waals surface area contributed by atoms with E-state index in [0.29, 0.717) is 28.2 Å². The number of fused-ring (bicyclic) bond motifs is 1. The van der Waals surface area contributed by atoms with Crippen molar-refractivity contribution in [3.63, 3.8) is 0 Å². The molecule has 5 nitrogen and oxygen atoms in total. The molecule has 4 rings (SSSR count). The van der Waals surface area contributed by atoms with Crippen LogP contribution in [0, 0.1) is 13.8 Å². The van der Waals surface area contributed by atoms with Gasteiger partial charge in [0.1, 0.15) is 0 Å². The van der Waals surface area contributed by atoms with Gasteiger partial charge in [-0.1, -0.05) is 59.7 Å². The second-order valence-corrected chi connectivity index (χ2v) is 6.99. The third-order valence-electron chi connectivity index (χ3n) is 4.79. The summed E-state index contributed by atoms with van der Waals surface area (Å²) in [6, 6.07) is 19.4. The topological polar surface area (TPSA) is 61.8 Å². The van der Waals surface area contributed by atoms with Crippen molar-refractivity contribution in [1.82, 2.24) is 0 Å². The van der Waals surface area contributed by atoms with Gasteiger partial charge in [-0.15, -0.1) is 0 Å². The summed E-state index contributed by atoms with van der Waals surface area (Å²) < 4.78 is 16.3. The van der Waals surface area contributed by atoms with Gasteiger partial charge in [0, 0.05) is 11.1 Å². The number of rotatable bonds is 5. The predicted molar refractivity (Wildman–Crippen MR) is 107 cm³/mol. The Hall–Kier alpha value is -3.60. The molecule has 146 valence electrons. The van der Waals surface area contributed by atoms with Crippen LogP contribution in [0.25, 0.3) is 0 Å². The second-order valence-electron chi connectivity index (χ2n) is 6.99. The third kappa shape index (κ3) is 3.99. The monoisotopic (exact) mass is 388 g/mol. The molecular weight excluding hydrogens is 368 g/mol. The first-order valence-corrected chi connectivity index (χ1v) is 9.29. The van der Waals surface area contributed by atoms with Crippen LogP contribution in [-0.4, -0.2) is 18.5 Å². The number of hydrogen-bond donors (Lipinski definition) is 0. The number of ether oxygens (including phenoxy) is 3. The van der Waals surface area contributed by atoms with E-state index in [2.05, 4.69) is 0 Å². The van der Waals surface area contributed by atoms with E-state index in [1.54, 1.807) is 42.5 Å². The molecule has 0 radical (unpaired) electrons. The Bertz CT molecular complexity index is 1050. The van der Waals surface area contributed by atoms with Gasteiger partial charge < -0.3 is 14.2 Å². The van der Waals surface area contributed by atoms with Gasteiger partial charge in [0.25, 0.3) is 0 Å². The number of carbonyl (C=O) groups is 2. The number of benzene rings is 3. The zero-order valence-corrected chi connectivity index (χ0v) is 16.2. The third-order valence-corrected chi connectivity index (χ3v) is 4.79. The van der Waals surface area contributed by atoms with E-state index in [-0.39, 0.29) is 12.6 Å². The lowest BCUT2D eigenvalue weighted by atomic mass is 9.98. The fraction of sp³-hybridized carbons (Fsp3) is 0.167. The largest absolute Gasteiger partial charge is 0.454 e. The number of aryl methyl sites for hydroxylation is 2. The van der Waals surface area contributed by atoms with Gasteiger partial charge in [0.05, 0.1) is 5.56 Å². The van der Waals surface area contributed by atoms with Crippen LogP contribution in [0.15, 0.2) is 66.7 Å². The molecule has 1 atom stereocenters. The van der Waals surface area contributed by atoms with Crippen molar-refractivity contribution in [2.75, 3.05) is 6.79 Å². The van der Waals surface area contributed by atoms with E-state index in [9.17, 15) is 9.59 Å². The molecule has 0 N–H and O–H groups in total. The van der Waals surface area contributed by atoms with Crippen molar-refractivity contribution in [2.24, 2.45) is 0 Å². The molecular formula is C24H20O5. The Kier molecular flexibility index (Phi) is 5.04. The van der Waals surface area contributed by atoms with Crippen LogP contribution in [0.1, 0.15) is 43.5 Å². The Morgan fingerprint density at radius 2 is 1.38 bits per heavy atom. The van der Waals surface area contributed by atoms with E-state index in [1.165, 1.54) is 0 Å². The highest BCUT2D eigenvalue weighted by Crippen LogP contribution is 2.33. The summed E-state index contributed by atoms with van der Waals surface area (Å²) in [6.07, 6.45) is -1.05. The Morgan fingerprint density at radius 1 is 0.793 bits per heavy atom. The Labute approximate surface area is 168 Å². The smallest absolute Gasteiger partial charge is 0.339 e. The van der Waals surface area contributed by atoms with Crippen LogP contribution < -0.4 is 9.47 Å². The molecule has 29 heavy (non-hydrogen) atoms. The summed E-state index contributed by atoms with van der Waals surface area (Å²) in [5.41, 5.74) is 3.50. The van der Waals surface area contributed by atoms with Gasteiger partial charge in [-0.05, 0) is 32.0 Å². The van der Waals surface area contributed by atoms with Gasteiger partial charge >= 0.3 is 5.97 Å². The van der Waals surface area contributed by atoms with Crippen molar-refractivity contribution in [3.8, 4) is 11.5 Å². The van der Waals surface area contributed by atoms with Crippen LogP contribution >= 0.6 is 0 Å². The van der Waals surface area contributed by atoms with E-state index in [1.807, 2.05) is 38.1 Å². The average molecular weight is 388 g/mol. The zero-order chi connectivity index (χ0) is 20.4. The van der Waals surface area contributed by atoms with Crippen LogP contribution in [-0.2, 0) is 4.74 Å². The van der Waals surface area contributed by atoms with E-state index in [4.69, 9.17) is 14.2 Å². The van der Waals surface area contributed by atoms with Crippen molar-refractivity contribution in [3.05, 3.63) is 94.5 Å². The molecule has 1 aliphatic heterocycles. The van der Waals surface area contributed by atoms with Gasteiger partial charge in [0.2, 0.25) is 12.6 Å². The van der Waals surface area contributed by atoms with Gasteiger partial charge in [0.15, 0.2) is 17.6 Å². The number of ketones is 1. The highest BCUT2D eigenvalue weighted by molar-refractivity contribution is 6.02. The first-order chi connectivity index (χ1) is 14.0. The summed E-state index contributed by atoms with van der Waals surface area (Å²) in [5.74, 6) is 0.181. The molecule has 3 aromatic carbocycles. The molecule has 0 aliphatic carbocycles. The molecule has 0 fully saturated rings. The molecule has 0 amide bonds. The summed E-state index contributed by atoms with van der Waals surface area (Å²) >= 11 is 0. The Morgan fingerprint density at radius 3 is 2.07 bits per heavy atom. The second kappa shape index (κ2) is 7.80. The normalized spacial score (nSPS) is 13.0. The minimum Gasteiger partial charge on any atom is -0.454 e. The lowest BCUT2D eigenvalue weighted by Gasteiger charge is -2.18. The molecule has 3 aromatic rings. The molecule has 5 heteroatoms. The Balaban J connectivity index is 1.64. The first-order valence-electron chi connectivity index (χ1n) is 9.29. The minimum absolute atomic E-state index is 0.117. The SMILES string of the molecule is Cc1ccc(C(=O)[C@@H](OC(=O)c2ccc3c(c2)OCO3)c2ccc(C)cc2)cc1. The maximum absolute atomic E-state index is 13.2. The van der Waals surface area contributed by atoms with E-state index < -0.39 is 12.1 Å². The standard InChI is InChI=1S/C24H20O5/c1-15-3-7-17(8-4-15)22(25)23(18-9-5-16(2)6-10-18)29-24(26)19-11-12-20-21(13-19)28-14-27-20/h3-13,23H,14H2,1-2H3/t23-/m0/s1. The fourth-order valence-electron chi connectivity index (χ4n) is 3.08. The molecule has 1 heterocycles. The number of Topliss-reactive ketones (excluding diaryl/α,β-unsaturated/α-hetero) is 1. The molecule has 0 saturated heterocycles. The molecule has 0 saturated carbocycles. The molecule has 0 bridgehead atoms. The fourth-order valence-corrected chi connectivity index (χ4v) is 3.08. The predicted octanol–water partition coefficient (Wildman–Crippen LogP) is 4.81. The van der Waals surface area contributed by atoms with Crippen molar-refractivity contribution in [1.29, 1.82) is 0 Å².